The van der Waals surface area contributed by atoms with Crippen molar-refractivity contribution in [2.24, 2.45) is 0 Å². The van der Waals surface area contributed by atoms with E-state index in [1.807, 2.05) is 10.9 Å². The fraction of sp³-hybridized carbons (Fsp3) is 0.700. The summed E-state index contributed by atoms with van der Waals surface area (Å²) in [4.78, 5) is 0. The van der Waals surface area contributed by atoms with Gasteiger partial charge in [-0.1, -0.05) is 0 Å². The molecule has 1 heterocycles. The summed E-state index contributed by atoms with van der Waals surface area (Å²) in [6, 6.07) is 2.06. The van der Waals surface area contributed by atoms with Gasteiger partial charge in [0.15, 0.2) is 0 Å². The number of nitrogens with zero attached hydrogens (tertiary/aromatic N) is 2. The summed E-state index contributed by atoms with van der Waals surface area (Å²) in [5.41, 5.74) is 1.42. The van der Waals surface area contributed by atoms with Crippen molar-refractivity contribution in [3.8, 4) is 0 Å². The van der Waals surface area contributed by atoms with Crippen LogP contribution < -0.4 is 5.32 Å². The minimum absolute atomic E-state index is 0.169. The number of aromatic nitrogens is 2. The summed E-state index contributed by atoms with van der Waals surface area (Å²) in [5.74, 6) is 0. The van der Waals surface area contributed by atoms with Crippen LogP contribution in [0.5, 0.6) is 0 Å². The van der Waals surface area contributed by atoms with Gasteiger partial charge in [0.2, 0.25) is 0 Å². The number of rotatable bonds is 3. The van der Waals surface area contributed by atoms with E-state index in [1.165, 1.54) is 5.69 Å². The van der Waals surface area contributed by atoms with Crippen molar-refractivity contribution in [1.82, 2.24) is 15.1 Å². The molecule has 0 aromatic carbocycles. The Hall–Kier alpha value is -0.830. The van der Waals surface area contributed by atoms with Crippen LogP contribution in [0.4, 0.5) is 0 Å². The fourth-order valence-electron chi connectivity index (χ4n) is 1.15. The molecular weight excluding hydrogens is 162 g/mol. The van der Waals surface area contributed by atoms with Crippen LogP contribution in [0.15, 0.2) is 12.3 Å². The molecule has 0 fully saturated rings. The minimum Gasteiger partial charge on any atom is -0.306 e. The maximum absolute atomic E-state index is 4.21. The monoisotopic (exact) mass is 181 g/mol. The van der Waals surface area contributed by atoms with Crippen LogP contribution in [0.2, 0.25) is 0 Å². The van der Waals surface area contributed by atoms with Crippen molar-refractivity contribution >= 4 is 0 Å². The predicted molar refractivity (Wildman–Crippen MR) is 54.5 cm³/mol. The Morgan fingerprint density at radius 2 is 2.15 bits per heavy atom. The molecule has 0 saturated heterocycles. The molecule has 1 N–H and O–H groups in total. The van der Waals surface area contributed by atoms with Gasteiger partial charge >= 0.3 is 0 Å². The van der Waals surface area contributed by atoms with Crippen LogP contribution in [0.3, 0.4) is 0 Å². The number of hydrogen-bond donors (Lipinski definition) is 1. The van der Waals surface area contributed by atoms with Crippen LogP contribution in [-0.4, -0.2) is 15.3 Å². The summed E-state index contributed by atoms with van der Waals surface area (Å²) >= 11 is 0. The molecule has 0 aliphatic heterocycles. The summed E-state index contributed by atoms with van der Waals surface area (Å²) < 4.78 is 2.01. The second-order valence-corrected chi connectivity index (χ2v) is 4.24. The molecule has 0 radical (unpaired) electrons. The highest BCUT2D eigenvalue weighted by Crippen LogP contribution is 2.03. The first kappa shape index (κ1) is 10.3. The molecule has 1 rings (SSSR count). The quantitative estimate of drug-likeness (QED) is 0.770. The summed E-state index contributed by atoms with van der Waals surface area (Å²) in [6.07, 6.45) is 1.85. The zero-order valence-electron chi connectivity index (χ0n) is 8.96. The molecule has 0 aliphatic rings. The van der Waals surface area contributed by atoms with E-state index in [-0.39, 0.29) is 5.54 Å². The Morgan fingerprint density at radius 1 is 1.46 bits per heavy atom. The van der Waals surface area contributed by atoms with E-state index >= 15 is 0 Å². The van der Waals surface area contributed by atoms with Crippen LogP contribution in [0, 0.1) is 0 Å². The normalized spacial score (nSPS) is 12.0. The van der Waals surface area contributed by atoms with Crippen molar-refractivity contribution in [1.29, 1.82) is 0 Å². The first-order valence-corrected chi connectivity index (χ1v) is 4.78. The molecular formula is C10H19N3. The molecule has 0 spiro atoms. The van der Waals surface area contributed by atoms with Gasteiger partial charge in [-0.25, -0.2) is 0 Å². The highest BCUT2D eigenvalue weighted by atomic mass is 15.3. The molecule has 3 nitrogen and oxygen atoms in total. The standard InChI is InChI=1S/C10H19N3/c1-5-13-9(6-7-12-13)8-11-10(2,3)4/h6-7,11H,5,8H2,1-4H3. The molecule has 0 bridgehead atoms. The zero-order valence-corrected chi connectivity index (χ0v) is 8.96. The third kappa shape index (κ3) is 3.19. The first-order valence-electron chi connectivity index (χ1n) is 4.78. The maximum atomic E-state index is 4.21. The van der Waals surface area contributed by atoms with Crippen LogP contribution in [0.1, 0.15) is 33.4 Å². The van der Waals surface area contributed by atoms with E-state index in [9.17, 15) is 0 Å². The molecule has 0 saturated carbocycles. The van der Waals surface area contributed by atoms with Gasteiger partial charge in [-0.2, -0.15) is 5.10 Å². The van der Waals surface area contributed by atoms with Gasteiger partial charge < -0.3 is 5.32 Å². The van der Waals surface area contributed by atoms with Crippen LogP contribution in [-0.2, 0) is 13.1 Å². The Balaban J connectivity index is 2.54. The van der Waals surface area contributed by atoms with Gasteiger partial charge in [-0.3, -0.25) is 4.68 Å². The van der Waals surface area contributed by atoms with Crippen molar-refractivity contribution in [2.45, 2.75) is 46.3 Å². The van der Waals surface area contributed by atoms with Gasteiger partial charge in [0.1, 0.15) is 0 Å². The topological polar surface area (TPSA) is 29.9 Å². The zero-order chi connectivity index (χ0) is 9.90. The van der Waals surface area contributed by atoms with Crippen molar-refractivity contribution in [2.75, 3.05) is 0 Å². The average molecular weight is 181 g/mol. The lowest BCUT2D eigenvalue weighted by molar-refractivity contribution is 0.413. The van der Waals surface area contributed by atoms with E-state index in [2.05, 4.69) is 44.2 Å². The summed E-state index contributed by atoms with van der Waals surface area (Å²) in [6.45, 7) is 10.4. The van der Waals surface area contributed by atoms with Crippen molar-refractivity contribution in [3.63, 3.8) is 0 Å². The highest BCUT2D eigenvalue weighted by Gasteiger charge is 2.09. The third-order valence-electron chi connectivity index (χ3n) is 1.90. The largest absolute Gasteiger partial charge is 0.306 e. The molecule has 13 heavy (non-hydrogen) atoms. The second-order valence-electron chi connectivity index (χ2n) is 4.24. The SMILES string of the molecule is CCn1nccc1CNC(C)(C)C. The van der Waals surface area contributed by atoms with Gasteiger partial charge in [0.05, 0.1) is 5.69 Å². The Labute approximate surface area is 80.1 Å². The van der Waals surface area contributed by atoms with E-state index in [1.54, 1.807) is 0 Å². The van der Waals surface area contributed by atoms with Gasteiger partial charge in [0, 0.05) is 24.8 Å². The predicted octanol–water partition coefficient (Wildman–Crippen LogP) is 1.79. The van der Waals surface area contributed by atoms with Crippen molar-refractivity contribution in [3.05, 3.63) is 18.0 Å². The first-order chi connectivity index (χ1) is 6.03. The lowest BCUT2D eigenvalue weighted by Gasteiger charge is -2.20. The highest BCUT2D eigenvalue weighted by molar-refractivity contribution is 5.00. The average Bonchev–Trinajstić information content (AvgIpc) is 2.46. The van der Waals surface area contributed by atoms with E-state index in [0.717, 1.165) is 13.1 Å². The Kier molecular flexibility index (Phi) is 3.09. The lowest BCUT2D eigenvalue weighted by Crippen LogP contribution is -2.35. The molecule has 0 unspecified atom stereocenters. The van der Waals surface area contributed by atoms with Gasteiger partial charge in [-0.15, -0.1) is 0 Å². The molecule has 1 aromatic rings. The van der Waals surface area contributed by atoms with E-state index in [0.29, 0.717) is 0 Å². The van der Waals surface area contributed by atoms with Gasteiger partial charge in [-0.05, 0) is 33.8 Å². The molecule has 1 aromatic heterocycles. The Morgan fingerprint density at radius 3 is 2.69 bits per heavy atom. The summed E-state index contributed by atoms with van der Waals surface area (Å²) in [5, 5.41) is 7.65. The van der Waals surface area contributed by atoms with Crippen LogP contribution >= 0.6 is 0 Å². The fourth-order valence-corrected chi connectivity index (χ4v) is 1.15. The van der Waals surface area contributed by atoms with Gasteiger partial charge in [0.25, 0.3) is 0 Å². The second kappa shape index (κ2) is 3.92. The lowest BCUT2D eigenvalue weighted by atomic mass is 10.1. The maximum Gasteiger partial charge on any atom is 0.0522 e. The number of nitrogens with one attached hydrogen (secondary N) is 1. The van der Waals surface area contributed by atoms with Crippen LogP contribution in [0.25, 0.3) is 0 Å². The molecule has 0 aliphatic carbocycles. The molecule has 74 valence electrons. The van der Waals surface area contributed by atoms with E-state index in [4.69, 9.17) is 0 Å². The third-order valence-corrected chi connectivity index (χ3v) is 1.90. The number of aryl methyl sites for hydroxylation is 1. The Bertz CT molecular complexity index is 257. The van der Waals surface area contributed by atoms with E-state index < -0.39 is 0 Å². The summed E-state index contributed by atoms with van der Waals surface area (Å²) in [7, 11) is 0. The number of hydrogen-bond acceptors (Lipinski definition) is 2. The molecule has 3 heteroatoms. The molecule has 0 amide bonds. The van der Waals surface area contributed by atoms with Crippen molar-refractivity contribution < 1.29 is 0 Å². The smallest absolute Gasteiger partial charge is 0.0522 e. The minimum atomic E-state index is 0.169. The molecule has 0 atom stereocenters.